The average Bonchev–Trinajstić information content (AvgIpc) is 2.35. The molecule has 2 rings (SSSR count). The number of rotatable bonds is 3. The first kappa shape index (κ1) is 14.5. The van der Waals surface area contributed by atoms with E-state index in [4.69, 9.17) is 0 Å². The fourth-order valence-electron chi connectivity index (χ4n) is 2.55. The van der Waals surface area contributed by atoms with Gasteiger partial charge in [-0.25, -0.2) is 13.1 Å². The molecular weight excluding hydrogens is 258 g/mol. The van der Waals surface area contributed by atoms with Crippen molar-refractivity contribution in [2.24, 2.45) is 5.92 Å². The lowest BCUT2D eigenvalue weighted by atomic mass is 9.88. The van der Waals surface area contributed by atoms with Crippen LogP contribution < -0.4 is 4.72 Å². The third-order valence-corrected chi connectivity index (χ3v) is 5.64. The van der Waals surface area contributed by atoms with E-state index < -0.39 is 10.0 Å². The molecule has 0 radical (unpaired) electrons. The Hall–Kier alpha value is -0.870. The Balaban J connectivity index is 2.11. The Morgan fingerprint density at radius 3 is 2.26 bits per heavy atom. The van der Waals surface area contributed by atoms with Crippen LogP contribution in [0.3, 0.4) is 0 Å². The molecule has 0 bridgehead atoms. The van der Waals surface area contributed by atoms with Gasteiger partial charge in [0.25, 0.3) is 0 Å². The minimum Gasteiger partial charge on any atom is -0.208 e. The summed E-state index contributed by atoms with van der Waals surface area (Å²) in [6.45, 7) is 6.16. The summed E-state index contributed by atoms with van der Waals surface area (Å²) in [6, 6.07) is 5.41. The summed E-state index contributed by atoms with van der Waals surface area (Å²) < 4.78 is 27.5. The molecule has 0 amide bonds. The van der Waals surface area contributed by atoms with Crippen molar-refractivity contribution >= 4 is 10.0 Å². The van der Waals surface area contributed by atoms with Crippen LogP contribution in [0.2, 0.25) is 0 Å². The number of hydrogen-bond acceptors (Lipinski definition) is 2. The zero-order valence-corrected chi connectivity index (χ0v) is 12.8. The van der Waals surface area contributed by atoms with Gasteiger partial charge in [0.1, 0.15) is 0 Å². The van der Waals surface area contributed by atoms with Crippen molar-refractivity contribution < 1.29 is 8.42 Å². The number of hydrogen-bond donors (Lipinski definition) is 1. The highest BCUT2D eigenvalue weighted by atomic mass is 32.2. The van der Waals surface area contributed by atoms with E-state index in [0.717, 1.165) is 42.7 Å². The van der Waals surface area contributed by atoms with Gasteiger partial charge in [0.15, 0.2) is 0 Å². The molecule has 19 heavy (non-hydrogen) atoms. The molecule has 1 fully saturated rings. The minimum absolute atomic E-state index is 0.0998. The van der Waals surface area contributed by atoms with Gasteiger partial charge in [0.05, 0.1) is 4.90 Å². The second-order valence-corrected chi connectivity index (χ2v) is 7.54. The first-order valence-electron chi connectivity index (χ1n) is 6.98. The third-order valence-electron chi connectivity index (χ3n) is 4.13. The fraction of sp³-hybridized carbons (Fsp3) is 0.600. The lowest BCUT2D eigenvalue weighted by Gasteiger charge is -2.26. The summed E-state index contributed by atoms with van der Waals surface area (Å²) in [6.07, 6.45) is 4.12. The standard InChI is InChI=1S/C15H23NO2S/c1-11-4-7-14(8-5-11)16-19(17,18)15-9-6-12(2)13(3)10-15/h6,9-11,14,16H,4-5,7-8H2,1-3H3. The van der Waals surface area contributed by atoms with Gasteiger partial charge in [0, 0.05) is 6.04 Å². The van der Waals surface area contributed by atoms with Crippen molar-refractivity contribution in [3.05, 3.63) is 29.3 Å². The summed E-state index contributed by atoms with van der Waals surface area (Å²) in [5.74, 6) is 0.724. The molecule has 1 aliphatic rings. The molecular formula is C15H23NO2S. The molecule has 0 heterocycles. The van der Waals surface area contributed by atoms with Crippen molar-refractivity contribution in [2.45, 2.75) is 57.4 Å². The summed E-state index contributed by atoms with van der Waals surface area (Å²) in [4.78, 5) is 0.384. The van der Waals surface area contributed by atoms with Crippen molar-refractivity contribution in [3.8, 4) is 0 Å². The van der Waals surface area contributed by atoms with E-state index in [1.54, 1.807) is 12.1 Å². The van der Waals surface area contributed by atoms with E-state index in [2.05, 4.69) is 11.6 Å². The van der Waals surface area contributed by atoms with E-state index in [1.807, 2.05) is 19.9 Å². The van der Waals surface area contributed by atoms with Crippen LogP contribution in [0.4, 0.5) is 0 Å². The van der Waals surface area contributed by atoms with Crippen LogP contribution >= 0.6 is 0 Å². The first-order chi connectivity index (χ1) is 8.88. The van der Waals surface area contributed by atoms with Crippen LogP contribution in [0.1, 0.15) is 43.7 Å². The van der Waals surface area contributed by atoms with Crippen LogP contribution in [-0.4, -0.2) is 14.5 Å². The summed E-state index contributed by atoms with van der Waals surface area (Å²) in [7, 11) is -3.37. The van der Waals surface area contributed by atoms with E-state index in [1.165, 1.54) is 0 Å². The maximum absolute atomic E-state index is 12.3. The van der Waals surface area contributed by atoms with Gasteiger partial charge in [-0.05, 0) is 68.7 Å². The first-order valence-corrected chi connectivity index (χ1v) is 8.46. The molecule has 0 aromatic heterocycles. The van der Waals surface area contributed by atoms with Crippen LogP contribution in [0.25, 0.3) is 0 Å². The summed E-state index contributed by atoms with van der Waals surface area (Å²) >= 11 is 0. The van der Waals surface area contributed by atoms with Crippen molar-refractivity contribution in [1.82, 2.24) is 4.72 Å². The van der Waals surface area contributed by atoms with E-state index in [-0.39, 0.29) is 6.04 Å². The molecule has 1 aromatic rings. The zero-order valence-electron chi connectivity index (χ0n) is 11.9. The molecule has 1 aromatic carbocycles. The third kappa shape index (κ3) is 3.57. The van der Waals surface area contributed by atoms with Crippen LogP contribution in [0.5, 0.6) is 0 Å². The highest BCUT2D eigenvalue weighted by Crippen LogP contribution is 2.25. The molecule has 106 valence electrons. The fourth-order valence-corrected chi connectivity index (χ4v) is 3.94. The topological polar surface area (TPSA) is 46.2 Å². The highest BCUT2D eigenvalue weighted by molar-refractivity contribution is 7.89. The van der Waals surface area contributed by atoms with Crippen LogP contribution in [0.15, 0.2) is 23.1 Å². The zero-order chi connectivity index (χ0) is 14.0. The number of nitrogens with one attached hydrogen (secondary N) is 1. The van der Waals surface area contributed by atoms with Gasteiger partial charge in [-0.15, -0.1) is 0 Å². The van der Waals surface area contributed by atoms with Gasteiger partial charge < -0.3 is 0 Å². The molecule has 0 atom stereocenters. The Morgan fingerprint density at radius 2 is 1.68 bits per heavy atom. The Labute approximate surface area is 116 Å². The van der Waals surface area contributed by atoms with Crippen molar-refractivity contribution in [3.63, 3.8) is 0 Å². The highest BCUT2D eigenvalue weighted by Gasteiger charge is 2.24. The second kappa shape index (κ2) is 5.63. The van der Waals surface area contributed by atoms with Crippen LogP contribution in [0, 0.1) is 19.8 Å². The predicted molar refractivity (Wildman–Crippen MR) is 77.7 cm³/mol. The monoisotopic (exact) mass is 281 g/mol. The number of benzene rings is 1. The molecule has 0 spiro atoms. The minimum atomic E-state index is -3.37. The molecule has 0 saturated heterocycles. The van der Waals surface area contributed by atoms with Gasteiger partial charge in [-0.1, -0.05) is 13.0 Å². The molecule has 4 heteroatoms. The molecule has 3 nitrogen and oxygen atoms in total. The number of sulfonamides is 1. The lowest BCUT2D eigenvalue weighted by Crippen LogP contribution is -2.37. The van der Waals surface area contributed by atoms with E-state index >= 15 is 0 Å². The lowest BCUT2D eigenvalue weighted by molar-refractivity contribution is 0.332. The van der Waals surface area contributed by atoms with E-state index in [0.29, 0.717) is 4.90 Å². The molecule has 1 saturated carbocycles. The Kier molecular flexibility index (Phi) is 4.31. The average molecular weight is 281 g/mol. The second-order valence-electron chi connectivity index (χ2n) is 5.82. The van der Waals surface area contributed by atoms with Gasteiger partial charge in [-0.3, -0.25) is 0 Å². The van der Waals surface area contributed by atoms with Crippen LogP contribution in [-0.2, 0) is 10.0 Å². The van der Waals surface area contributed by atoms with Gasteiger partial charge in [0.2, 0.25) is 10.0 Å². The summed E-state index contributed by atoms with van der Waals surface area (Å²) in [5.41, 5.74) is 2.13. The Bertz CT molecular complexity index is 543. The summed E-state index contributed by atoms with van der Waals surface area (Å²) in [5, 5.41) is 0. The molecule has 0 aliphatic heterocycles. The van der Waals surface area contributed by atoms with Gasteiger partial charge in [-0.2, -0.15) is 0 Å². The molecule has 1 N–H and O–H groups in total. The quantitative estimate of drug-likeness (QED) is 0.925. The van der Waals surface area contributed by atoms with Crippen molar-refractivity contribution in [1.29, 1.82) is 0 Å². The van der Waals surface area contributed by atoms with Gasteiger partial charge >= 0.3 is 0 Å². The molecule has 0 unspecified atom stereocenters. The maximum Gasteiger partial charge on any atom is 0.240 e. The largest absolute Gasteiger partial charge is 0.240 e. The van der Waals surface area contributed by atoms with E-state index in [9.17, 15) is 8.42 Å². The molecule has 1 aliphatic carbocycles. The smallest absolute Gasteiger partial charge is 0.208 e. The predicted octanol–water partition coefficient (Wildman–Crippen LogP) is 3.16. The Morgan fingerprint density at radius 1 is 1.05 bits per heavy atom. The van der Waals surface area contributed by atoms with Crippen molar-refractivity contribution in [2.75, 3.05) is 0 Å². The SMILES string of the molecule is Cc1ccc(S(=O)(=O)NC2CCC(C)CC2)cc1C. The maximum atomic E-state index is 12.3. The normalized spacial score (nSPS) is 24.4. The number of aryl methyl sites for hydroxylation is 2.